The summed E-state index contributed by atoms with van der Waals surface area (Å²) in [5.41, 5.74) is 1.26. The number of esters is 2. The first kappa shape index (κ1) is 32.0. The Balaban J connectivity index is 1.65. The molecule has 0 aromatic heterocycles. The second kappa shape index (κ2) is 16.7. The number of ketones is 1. The number of hydrogen-bond acceptors (Lipinski definition) is 6. The molecule has 0 heterocycles. The smallest absolute Gasteiger partial charge is 0.348 e. The lowest BCUT2D eigenvalue weighted by molar-refractivity contribution is -0.156. The lowest BCUT2D eigenvalue weighted by Gasteiger charge is -2.30. The van der Waals surface area contributed by atoms with Crippen molar-refractivity contribution in [2.45, 2.75) is 96.7 Å². The molecular weight excluding hydrogens is 516 g/mol. The van der Waals surface area contributed by atoms with E-state index in [1.54, 1.807) is 37.3 Å². The van der Waals surface area contributed by atoms with Crippen LogP contribution in [0, 0.1) is 0 Å². The maximum atomic E-state index is 13.5. The zero-order chi connectivity index (χ0) is 29.5. The summed E-state index contributed by atoms with van der Waals surface area (Å²) in [6, 6.07) is 16.3. The van der Waals surface area contributed by atoms with Gasteiger partial charge in [-0.2, -0.15) is 0 Å². The fourth-order valence-electron chi connectivity index (χ4n) is 4.67. The van der Waals surface area contributed by atoms with Gasteiger partial charge in [-0.15, -0.1) is 0 Å². The lowest BCUT2D eigenvalue weighted by atomic mass is 9.89. The molecule has 0 aliphatic heterocycles. The molecule has 220 valence electrons. The van der Waals surface area contributed by atoms with E-state index in [4.69, 9.17) is 14.2 Å². The molecule has 1 unspecified atom stereocenters. The summed E-state index contributed by atoms with van der Waals surface area (Å²) in [7, 11) is 0. The van der Waals surface area contributed by atoms with Crippen LogP contribution in [-0.4, -0.2) is 36.0 Å². The molecule has 6 heteroatoms. The predicted octanol–water partition coefficient (Wildman–Crippen LogP) is 8.06. The fourth-order valence-corrected chi connectivity index (χ4v) is 4.67. The van der Waals surface area contributed by atoms with Crippen LogP contribution in [0.1, 0.15) is 101 Å². The van der Waals surface area contributed by atoms with E-state index >= 15 is 0 Å². The maximum Gasteiger partial charge on any atom is 0.348 e. The molecule has 2 atom stereocenters. The minimum atomic E-state index is -1.22. The van der Waals surface area contributed by atoms with E-state index in [9.17, 15) is 14.4 Å². The standard InChI is InChI=1S/C35H44O6/c1-4-6-8-9-10-14-26-39-35(24-22-29(23-25-35)28-15-12-11-13-16-28)34(38)41-31-20-18-30(19-21-31)33(37)27(3)40-32(36)17-7-5-2/h11-13,15-16,18-24,27H,4-10,14,17,25-26H2,1-3H3/t27-,35?/m0/s1. The number of carbonyl (C=O) groups is 3. The van der Waals surface area contributed by atoms with Crippen molar-refractivity contribution in [2.24, 2.45) is 0 Å². The SMILES string of the molecule is CCCCCCCCOC1(C(=O)Oc2ccc(C(=O)[C@H](C)OC(=O)CCCC)cc2)C=CC(c2ccccc2)=CC1. The third kappa shape index (κ3) is 9.82. The molecule has 0 radical (unpaired) electrons. The lowest BCUT2D eigenvalue weighted by Crippen LogP contribution is -2.43. The van der Waals surface area contributed by atoms with Gasteiger partial charge in [0.1, 0.15) is 5.75 Å². The summed E-state index contributed by atoms with van der Waals surface area (Å²) in [6.07, 6.45) is 13.9. The van der Waals surface area contributed by atoms with Crippen LogP contribution in [0.3, 0.4) is 0 Å². The van der Waals surface area contributed by atoms with Gasteiger partial charge in [-0.3, -0.25) is 9.59 Å². The van der Waals surface area contributed by atoms with Gasteiger partial charge in [0.05, 0.1) is 0 Å². The van der Waals surface area contributed by atoms with Crippen molar-refractivity contribution in [3.05, 3.63) is 84.0 Å². The minimum absolute atomic E-state index is 0.294. The zero-order valence-electron chi connectivity index (χ0n) is 24.7. The van der Waals surface area contributed by atoms with Crippen LogP contribution < -0.4 is 4.74 Å². The molecule has 0 spiro atoms. The van der Waals surface area contributed by atoms with Crippen LogP contribution in [0.25, 0.3) is 5.57 Å². The largest absolute Gasteiger partial charge is 0.454 e. The van der Waals surface area contributed by atoms with Crippen molar-refractivity contribution in [3.8, 4) is 5.75 Å². The fraction of sp³-hybridized carbons (Fsp3) is 0.457. The monoisotopic (exact) mass is 560 g/mol. The molecular formula is C35H44O6. The van der Waals surface area contributed by atoms with Gasteiger partial charge >= 0.3 is 11.9 Å². The molecule has 0 bridgehead atoms. The third-order valence-corrected chi connectivity index (χ3v) is 7.23. The Morgan fingerprint density at radius 1 is 0.854 bits per heavy atom. The van der Waals surface area contributed by atoms with Gasteiger partial charge in [0.15, 0.2) is 11.7 Å². The second-order valence-corrected chi connectivity index (χ2v) is 10.6. The number of benzene rings is 2. The molecule has 1 aliphatic rings. The number of allylic oxidation sites excluding steroid dienone is 2. The van der Waals surface area contributed by atoms with E-state index in [0.717, 1.165) is 43.2 Å². The molecule has 0 amide bonds. The minimum Gasteiger partial charge on any atom is -0.454 e. The Bertz CT molecular complexity index is 1180. The summed E-state index contributed by atoms with van der Waals surface area (Å²) < 4.78 is 17.3. The van der Waals surface area contributed by atoms with Crippen molar-refractivity contribution in [3.63, 3.8) is 0 Å². The van der Waals surface area contributed by atoms with Crippen LogP contribution in [0.15, 0.2) is 72.8 Å². The van der Waals surface area contributed by atoms with Crippen molar-refractivity contribution in [2.75, 3.05) is 6.61 Å². The number of carbonyl (C=O) groups excluding carboxylic acids is 3. The van der Waals surface area contributed by atoms with Crippen LogP contribution in [-0.2, 0) is 19.1 Å². The molecule has 0 saturated heterocycles. The maximum absolute atomic E-state index is 13.5. The summed E-state index contributed by atoms with van der Waals surface area (Å²) in [4.78, 5) is 38.2. The molecule has 0 saturated carbocycles. The Kier molecular flexibility index (Phi) is 13.0. The number of unbranched alkanes of at least 4 members (excludes halogenated alkanes) is 6. The summed E-state index contributed by atoms with van der Waals surface area (Å²) in [6.45, 7) is 6.21. The molecule has 0 N–H and O–H groups in total. The average molecular weight is 561 g/mol. The Labute approximate surface area is 244 Å². The number of ether oxygens (including phenoxy) is 3. The van der Waals surface area contributed by atoms with E-state index in [1.165, 1.54) is 19.3 Å². The first-order valence-corrected chi connectivity index (χ1v) is 15.0. The average Bonchev–Trinajstić information content (AvgIpc) is 3.00. The number of rotatable bonds is 17. The van der Waals surface area contributed by atoms with Crippen molar-refractivity contribution in [1.82, 2.24) is 0 Å². The quantitative estimate of drug-likeness (QED) is 0.0843. The Morgan fingerprint density at radius 3 is 2.20 bits per heavy atom. The summed E-state index contributed by atoms with van der Waals surface area (Å²) in [5.74, 6) is -0.872. The van der Waals surface area contributed by atoms with Gasteiger partial charge in [-0.1, -0.05) is 94.9 Å². The molecule has 2 aromatic carbocycles. The Hall–Kier alpha value is -3.51. The van der Waals surface area contributed by atoms with E-state index < -0.39 is 17.7 Å². The molecule has 41 heavy (non-hydrogen) atoms. The van der Waals surface area contributed by atoms with E-state index in [-0.39, 0.29) is 11.8 Å². The highest BCUT2D eigenvalue weighted by atomic mass is 16.6. The van der Waals surface area contributed by atoms with Crippen molar-refractivity contribution in [1.29, 1.82) is 0 Å². The first-order chi connectivity index (χ1) is 19.9. The third-order valence-electron chi connectivity index (χ3n) is 7.23. The van der Waals surface area contributed by atoms with Crippen molar-refractivity contribution >= 4 is 23.3 Å². The molecule has 2 aromatic rings. The van der Waals surface area contributed by atoms with E-state index in [1.807, 2.05) is 49.4 Å². The van der Waals surface area contributed by atoms with Gasteiger partial charge in [-0.05, 0) is 61.2 Å². The predicted molar refractivity (Wildman–Crippen MR) is 162 cm³/mol. The van der Waals surface area contributed by atoms with Gasteiger partial charge in [0, 0.05) is 25.0 Å². The van der Waals surface area contributed by atoms with Crippen LogP contribution in [0.4, 0.5) is 0 Å². The van der Waals surface area contributed by atoms with Gasteiger partial charge in [-0.25, -0.2) is 4.79 Å². The number of hydrogen-bond donors (Lipinski definition) is 0. The van der Waals surface area contributed by atoms with Crippen molar-refractivity contribution < 1.29 is 28.6 Å². The van der Waals surface area contributed by atoms with E-state index in [0.29, 0.717) is 30.8 Å². The van der Waals surface area contributed by atoms with Crippen LogP contribution in [0.2, 0.25) is 0 Å². The summed E-state index contributed by atoms with van der Waals surface area (Å²) >= 11 is 0. The molecule has 6 nitrogen and oxygen atoms in total. The van der Waals surface area contributed by atoms with Gasteiger partial charge in [0.25, 0.3) is 0 Å². The van der Waals surface area contributed by atoms with Crippen LogP contribution >= 0.6 is 0 Å². The van der Waals surface area contributed by atoms with Gasteiger partial charge < -0.3 is 14.2 Å². The normalized spacial score (nSPS) is 17.0. The van der Waals surface area contributed by atoms with Gasteiger partial charge in [0.2, 0.25) is 5.78 Å². The highest BCUT2D eigenvalue weighted by Crippen LogP contribution is 2.32. The zero-order valence-corrected chi connectivity index (χ0v) is 24.7. The highest BCUT2D eigenvalue weighted by molar-refractivity contribution is 6.00. The van der Waals surface area contributed by atoms with Crippen LogP contribution in [0.5, 0.6) is 5.75 Å². The molecule has 0 fully saturated rings. The highest BCUT2D eigenvalue weighted by Gasteiger charge is 2.40. The summed E-state index contributed by atoms with van der Waals surface area (Å²) in [5, 5.41) is 0. The second-order valence-electron chi connectivity index (χ2n) is 10.6. The first-order valence-electron chi connectivity index (χ1n) is 15.0. The molecule has 1 aliphatic carbocycles. The number of Topliss-reactive ketones (excluding diaryl/α,β-unsaturated/α-hetero) is 1. The topological polar surface area (TPSA) is 78.9 Å². The van der Waals surface area contributed by atoms with E-state index in [2.05, 4.69) is 6.92 Å². The Morgan fingerprint density at radius 2 is 1.54 bits per heavy atom. The molecule has 3 rings (SSSR count).